The minimum Gasteiger partial charge on any atom is -0.314 e. The zero-order chi connectivity index (χ0) is 15.2. The molecule has 0 aliphatic carbocycles. The van der Waals surface area contributed by atoms with Gasteiger partial charge >= 0.3 is 0 Å². The van der Waals surface area contributed by atoms with E-state index < -0.39 is 0 Å². The van der Waals surface area contributed by atoms with Gasteiger partial charge in [0.25, 0.3) is 5.69 Å². The van der Waals surface area contributed by atoms with Crippen LogP contribution >= 0.6 is 36.4 Å². The molecule has 1 atom stereocenters. The molecule has 0 spiro atoms. The number of nitrogens with zero attached hydrogens (tertiary/aromatic N) is 2. The molecule has 0 amide bonds. The standard InChI is InChI=1S/C15H20ClN3O2.2ClH/c1-2-3-4-14(18-9-7-17-8-10-18)13-11-12(16)5-6-15(13)19(20)21;;/h2,5-6,11,14,17H,1,3-4,7-10H2;2*1H/t14-;;/m1../s1. The first-order valence-corrected chi connectivity index (χ1v) is 7.50. The number of hydrogen-bond donors (Lipinski definition) is 1. The van der Waals surface area contributed by atoms with E-state index in [0.29, 0.717) is 10.6 Å². The Morgan fingerprint density at radius 3 is 2.61 bits per heavy atom. The Hall–Kier alpha value is -0.850. The first-order chi connectivity index (χ1) is 10.1. The summed E-state index contributed by atoms with van der Waals surface area (Å²) in [5, 5.41) is 15.1. The van der Waals surface area contributed by atoms with E-state index in [1.165, 1.54) is 6.07 Å². The smallest absolute Gasteiger partial charge is 0.274 e. The SMILES string of the molecule is C=CCC[C@H](c1cc(Cl)ccc1[N+](=O)[O-])N1CCNCC1.Cl.Cl. The van der Waals surface area contributed by atoms with E-state index in [4.69, 9.17) is 11.6 Å². The molecule has 1 aromatic carbocycles. The van der Waals surface area contributed by atoms with Crippen LogP contribution in [0.2, 0.25) is 5.02 Å². The summed E-state index contributed by atoms with van der Waals surface area (Å²) in [5.41, 5.74) is 0.850. The van der Waals surface area contributed by atoms with Crippen molar-refractivity contribution in [3.63, 3.8) is 0 Å². The maximum Gasteiger partial charge on any atom is 0.274 e. The zero-order valence-corrected chi connectivity index (χ0v) is 15.1. The summed E-state index contributed by atoms with van der Waals surface area (Å²) in [5.74, 6) is 0. The molecule has 1 saturated heterocycles. The Morgan fingerprint density at radius 2 is 2.04 bits per heavy atom. The summed E-state index contributed by atoms with van der Waals surface area (Å²) < 4.78 is 0. The lowest BCUT2D eigenvalue weighted by atomic mass is 9.97. The van der Waals surface area contributed by atoms with Gasteiger partial charge in [0.1, 0.15) is 0 Å². The van der Waals surface area contributed by atoms with Crippen LogP contribution in [-0.4, -0.2) is 36.0 Å². The molecule has 1 heterocycles. The first-order valence-electron chi connectivity index (χ1n) is 7.13. The van der Waals surface area contributed by atoms with Gasteiger partial charge in [0, 0.05) is 48.9 Å². The van der Waals surface area contributed by atoms with Crippen molar-refractivity contribution in [2.75, 3.05) is 26.2 Å². The summed E-state index contributed by atoms with van der Waals surface area (Å²) in [6, 6.07) is 4.81. The molecule has 2 rings (SSSR count). The average molecular weight is 383 g/mol. The van der Waals surface area contributed by atoms with E-state index in [1.54, 1.807) is 12.1 Å². The number of nitro benzene ring substituents is 1. The number of hydrogen-bond acceptors (Lipinski definition) is 4. The minimum atomic E-state index is -0.325. The normalized spacial score (nSPS) is 15.9. The van der Waals surface area contributed by atoms with Crippen molar-refractivity contribution in [2.24, 2.45) is 0 Å². The molecule has 1 aliphatic rings. The molecule has 0 radical (unpaired) electrons. The predicted molar refractivity (Wildman–Crippen MR) is 99.2 cm³/mol. The molecule has 130 valence electrons. The highest BCUT2D eigenvalue weighted by molar-refractivity contribution is 6.30. The van der Waals surface area contributed by atoms with Crippen LogP contribution in [0.5, 0.6) is 0 Å². The second-order valence-electron chi connectivity index (χ2n) is 5.13. The summed E-state index contributed by atoms with van der Waals surface area (Å²) in [7, 11) is 0. The van der Waals surface area contributed by atoms with Crippen molar-refractivity contribution in [2.45, 2.75) is 18.9 Å². The van der Waals surface area contributed by atoms with Crippen molar-refractivity contribution in [3.05, 3.63) is 51.6 Å². The molecule has 8 heteroatoms. The van der Waals surface area contributed by atoms with Crippen LogP contribution in [0, 0.1) is 10.1 Å². The molecule has 1 aromatic rings. The van der Waals surface area contributed by atoms with Gasteiger partial charge in [0.2, 0.25) is 0 Å². The molecule has 0 saturated carbocycles. The fourth-order valence-corrected chi connectivity index (χ4v) is 2.94. The van der Waals surface area contributed by atoms with Crippen molar-refractivity contribution < 1.29 is 4.92 Å². The zero-order valence-electron chi connectivity index (χ0n) is 12.7. The van der Waals surface area contributed by atoms with Gasteiger partial charge in [-0.25, -0.2) is 0 Å². The minimum absolute atomic E-state index is 0. The molecular formula is C15H22Cl3N3O2. The fourth-order valence-electron chi connectivity index (χ4n) is 2.76. The van der Waals surface area contributed by atoms with E-state index in [9.17, 15) is 10.1 Å². The molecule has 1 aliphatic heterocycles. The summed E-state index contributed by atoms with van der Waals surface area (Å²) in [6.45, 7) is 7.32. The van der Waals surface area contributed by atoms with Gasteiger partial charge < -0.3 is 5.32 Å². The third kappa shape index (κ3) is 5.94. The molecule has 1 N–H and O–H groups in total. The summed E-state index contributed by atoms with van der Waals surface area (Å²) >= 11 is 6.06. The van der Waals surface area contributed by atoms with Gasteiger partial charge in [-0.2, -0.15) is 0 Å². The van der Waals surface area contributed by atoms with Crippen LogP contribution in [0.15, 0.2) is 30.9 Å². The molecule has 0 aromatic heterocycles. The van der Waals surface area contributed by atoms with E-state index in [2.05, 4.69) is 16.8 Å². The predicted octanol–water partition coefficient (Wildman–Crippen LogP) is 4.00. The Balaban J connectivity index is 0.00000242. The Morgan fingerprint density at radius 1 is 1.39 bits per heavy atom. The highest BCUT2D eigenvalue weighted by Gasteiger charge is 2.28. The molecular weight excluding hydrogens is 361 g/mol. The number of nitrogens with one attached hydrogen (secondary N) is 1. The van der Waals surface area contributed by atoms with E-state index >= 15 is 0 Å². The molecule has 0 unspecified atom stereocenters. The van der Waals surface area contributed by atoms with Crippen molar-refractivity contribution >= 4 is 42.1 Å². The third-order valence-corrected chi connectivity index (χ3v) is 4.02. The van der Waals surface area contributed by atoms with Gasteiger partial charge in [0.05, 0.1) is 4.92 Å². The molecule has 23 heavy (non-hydrogen) atoms. The number of nitro groups is 1. The fraction of sp³-hybridized carbons (Fsp3) is 0.467. The number of rotatable bonds is 6. The van der Waals surface area contributed by atoms with Gasteiger partial charge in [-0.15, -0.1) is 31.4 Å². The number of allylic oxidation sites excluding steroid dienone is 1. The van der Waals surface area contributed by atoms with Crippen molar-refractivity contribution in [3.8, 4) is 0 Å². The summed E-state index contributed by atoms with van der Waals surface area (Å²) in [6.07, 6.45) is 3.48. The lowest BCUT2D eigenvalue weighted by Crippen LogP contribution is -2.45. The highest BCUT2D eigenvalue weighted by atomic mass is 35.5. The third-order valence-electron chi connectivity index (χ3n) is 3.78. The summed E-state index contributed by atoms with van der Waals surface area (Å²) in [4.78, 5) is 13.3. The van der Waals surface area contributed by atoms with Crippen LogP contribution in [0.1, 0.15) is 24.4 Å². The van der Waals surface area contributed by atoms with Gasteiger partial charge in [-0.1, -0.05) is 17.7 Å². The van der Waals surface area contributed by atoms with Crippen LogP contribution in [0.4, 0.5) is 5.69 Å². The number of benzene rings is 1. The second-order valence-corrected chi connectivity index (χ2v) is 5.56. The van der Waals surface area contributed by atoms with Gasteiger partial charge in [-0.05, 0) is 25.0 Å². The Kier molecular flexibility index (Phi) is 10.4. The highest BCUT2D eigenvalue weighted by Crippen LogP contribution is 2.34. The maximum atomic E-state index is 11.3. The van der Waals surface area contributed by atoms with Crippen LogP contribution < -0.4 is 5.32 Å². The van der Waals surface area contributed by atoms with Crippen LogP contribution in [0.3, 0.4) is 0 Å². The maximum absolute atomic E-state index is 11.3. The molecule has 5 nitrogen and oxygen atoms in total. The lowest BCUT2D eigenvalue weighted by Gasteiger charge is -2.35. The number of halogens is 3. The molecule has 0 bridgehead atoms. The quantitative estimate of drug-likeness (QED) is 0.459. The largest absolute Gasteiger partial charge is 0.314 e. The number of piperazine rings is 1. The first kappa shape index (κ1) is 22.1. The van der Waals surface area contributed by atoms with Crippen molar-refractivity contribution in [1.82, 2.24) is 10.2 Å². The van der Waals surface area contributed by atoms with Gasteiger partial charge in [0.15, 0.2) is 0 Å². The molecule has 1 fully saturated rings. The monoisotopic (exact) mass is 381 g/mol. The Labute approximate surface area is 154 Å². The van der Waals surface area contributed by atoms with E-state index in [1.807, 2.05) is 6.08 Å². The van der Waals surface area contributed by atoms with Crippen LogP contribution in [-0.2, 0) is 0 Å². The van der Waals surface area contributed by atoms with Crippen LogP contribution in [0.25, 0.3) is 0 Å². The van der Waals surface area contributed by atoms with Crippen molar-refractivity contribution in [1.29, 1.82) is 0 Å². The second kappa shape index (κ2) is 10.8. The lowest BCUT2D eigenvalue weighted by molar-refractivity contribution is -0.386. The van der Waals surface area contributed by atoms with E-state index in [0.717, 1.165) is 39.0 Å². The topological polar surface area (TPSA) is 58.4 Å². The average Bonchev–Trinajstić information content (AvgIpc) is 2.48. The van der Waals surface area contributed by atoms with E-state index in [-0.39, 0.29) is 41.5 Å². The van der Waals surface area contributed by atoms with Gasteiger partial charge in [-0.3, -0.25) is 15.0 Å². The Bertz CT molecular complexity index is 523.